The predicted octanol–water partition coefficient (Wildman–Crippen LogP) is 1.42. The molecule has 138 valence electrons. The zero-order valence-electron chi connectivity index (χ0n) is 15.2. The second-order valence-corrected chi connectivity index (χ2v) is 7.31. The average Bonchev–Trinajstić information content (AvgIpc) is 3.38. The third-order valence-corrected chi connectivity index (χ3v) is 5.35. The number of urea groups is 1. The molecule has 2 fully saturated rings. The molecule has 2 aliphatic rings. The van der Waals surface area contributed by atoms with E-state index >= 15 is 0 Å². The SMILES string of the molecule is CN(C)C(=O)N1CCCC1C(=O)N1CCC(c2nc3ccncc3[nH]2)C1. The first-order valence-electron chi connectivity index (χ1n) is 9.11. The number of nitrogens with one attached hydrogen (secondary N) is 1. The third kappa shape index (κ3) is 2.89. The van der Waals surface area contributed by atoms with E-state index in [-0.39, 0.29) is 23.9 Å². The van der Waals surface area contributed by atoms with Crippen molar-refractivity contribution in [2.45, 2.75) is 31.2 Å². The molecule has 26 heavy (non-hydrogen) atoms. The molecular weight excluding hydrogens is 332 g/mol. The van der Waals surface area contributed by atoms with Gasteiger partial charge in [0.25, 0.3) is 0 Å². The molecule has 8 nitrogen and oxygen atoms in total. The van der Waals surface area contributed by atoms with Crippen LogP contribution in [-0.2, 0) is 4.79 Å². The van der Waals surface area contributed by atoms with E-state index in [9.17, 15) is 9.59 Å². The van der Waals surface area contributed by atoms with E-state index in [0.717, 1.165) is 36.1 Å². The fourth-order valence-electron chi connectivity index (χ4n) is 3.97. The number of carbonyl (C=O) groups is 2. The first kappa shape index (κ1) is 16.8. The average molecular weight is 356 g/mol. The molecule has 1 N–H and O–H groups in total. The molecule has 3 amide bonds. The number of aromatic amines is 1. The van der Waals surface area contributed by atoms with Crippen molar-refractivity contribution in [1.29, 1.82) is 0 Å². The van der Waals surface area contributed by atoms with Crippen LogP contribution in [0.25, 0.3) is 11.0 Å². The van der Waals surface area contributed by atoms with Gasteiger partial charge in [-0.05, 0) is 25.3 Å². The molecule has 2 saturated heterocycles. The molecule has 8 heteroatoms. The van der Waals surface area contributed by atoms with Gasteiger partial charge in [0, 0.05) is 45.8 Å². The van der Waals surface area contributed by atoms with Crippen LogP contribution in [0.4, 0.5) is 4.79 Å². The van der Waals surface area contributed by atoms with E-state index < -0.39 is 0 Å². The van der Waals surface area contributed by atoms with Gasteiger partial charge in [-0.25, -0.2) is 9.78 Å². The minimum Gasteiger partial charge on any atom is -0.340 e. The minimum atomic E-state index is -0.330. The van der Waals surface area contributed by atoms with Crippen LogP contribution in [0.5, 0.6) is 0 Å². The molecule has 2 atom stereocenters. The Balaban J connectivity index is 1.46. The van der Waals surface area contributed by atoms with Gasteiger partial charge in [0.05, 0.1) is 17.2 Å². The predicted molar refractivity (Wildman–Crippen MR) is 96.6 cm³/mol. The maximum atomic E-state index is 13.0. The lowest BCUT2D eigenvalue weighted by Crippen LogP contribution is -2.49. The van der Waals surface area contributed by atoms with E-state index in [1.807, 2.05) is 11.0 Å². The van der Waals surface area contributed by atoms with Crippen LogP contribution in [0, 0.1) is 0 Å². The second-order valence-electron chi connectivity index (χ2n) is 7.31. The summed E-state index contributed by atoms with van der Waals surface area (Å²) in [4.78, 5) is 42.6. The van der Waals surface area contributed by atoms with Crippen LogP contribution in [-0.4, -0.2) is 81.4 Å². The summed E-state index contributed by atoms with van der Waals surface area (Å²) in [7, 11) is 3.45. The van der Waals surface area contributed by atoms with Crippen LogP contribution >= 0.6 is 0 Å². The highest BCUT2D eigenvalue weighted by Gasteiger charge is 2.39. The van der Waals surface area contributed by atoms with Crippen molar-refractivity contribution in [1.82, 2.24) is 29.7 Å². The molecule has 0 spiro atoms. The lowest BCUT2D eigenvalue weighted by molar-refractivity contribution is -0.134. The molecule has 4 heterocycles. The van der Waals surface area contributed by atoms with Gasteiger partial charge in [-0.15, -0.1) is 0 Å². The quantitative estimate of drug-likeness (QED) is 0.882. The number of carbonyl (C=O) groups excluding carboxylic acids is 2. The van der Waals surface area contributed by atoms with Gasteiger partial charge in [0.2, 0.25) is 5.91 Å². The van der Waals surface area contributed by atoms with Crippen molar-refractivity contribution in [3.05, 3.63) is 24.3 Å². The molecule has 0 aliphatic carbocycles. The van der Waals surface area contributed by atoms with Crippen molar-refractivity contribution in [2.24, 2.45) is 0 Å². The Labute approximate surface area is 152 Å². The normalized spacial score (nSPS) is 23.0. The lowest BCUT2D eigenvalue weighted by Gasteiger charge is -2.29. The monoisotopic (exact) mass is 356 g/mol. The molecule has 2 unspecified atom stereocenters. The van der Waals surface area contributed by atoms with E-state index in [4.69, 9.17) is 0 Å². The number of hydrogen-bond acceptors (Lipinski definition) is 4. The fraction of sp³-hybridized carbons (Fsp3) is 0.556. The van der Waals surface area contributed by atoms with E-state index in [2.05, 4.69) is 15.0 Å². The van der Waals surface area contributed by atoms with Gasteiger partial charge in [-0.1, -0.05) is 0 Å². The number of rotatable bonds is 2. The first-order chi connectivity index (χ1) is 12.5. The number of hydrogen-bond donors (Lipinski definition) is 1. The Kier molecular flexibility index (Phi) is 4.26. The number of H-pyrrole nitrogens is 1. The Hall–Kier alpha value is -2.64. The van der Waals surface area contributed by atoms with Crippen molar-refractivity contribution < 1.29 is 9.59 Å². The van der Waals surface area contributed by atoms with Gasteiger partial charge in [-0.2, -0.15) is 0 Å². The van der Waals surface area contributed by atoms with Gasteiger partial charge in [0.1, 0.15) is 11.9 Å². The van der Waals surface area contributed by atoms with Crippen molar-refractivity contribution >= 4 is 23.0 Å². The summed E-state index contributed by atoms with van der Waals surface area (Å²) in [5.74, 6) is 1.18. The maximum absolute atomic E-state index is 13.0. The highest BCUT2D eigenvalue weighted by molar-refractivity contribution is 5.88. The number of nitrogens with zero attached hydrogens (tertiary/aromatic N) is 5. The Morgan fingerprint density at radius 1 is 1.27 bits per heavy atom. The van der Waals surface area contributed by atoms with Gasteiger partial charge < -0.3 is 19.7 Å². The smallest absolute Gasteiger partial charge is 0.320 e. The van der Waals surface area contributed by atoms with Gasteiger partial charge >= 0.3 is 6.03 Å². The summed E-state index contributed by atoms with van der Waals surface area (Å²) in [6, 6.07) is 1.47. The zero-order valence-corrected chi connectivity index (χ0v) is 15.2. The number of fused-ring (bicyclic) bond motifs is 1. The van der Waals surface area contributed by atoms with E-state index in [0.29, 0.717) is 19.6 Å². The first-order valence-corrected chi connectivity index (χ1v) is 9.11. The Morgan fingerprint density at radius 2 is 2.12 bits per heavy atom. The molecule has 0 aromatic carbocycles. The zero-order chi connectivity index (χ0) is 18.3. The topological polar surface area (TPSA) is 85.4 Å². The van der Waals surface area contributed by atoms with Crippen LogP contribution < -0.4 is 0 Å². The Morgan fingerprint density at radius 3 is 2.88 bits per heavy atom. The number of pyridine rings is 1. The van der Waals surface area contributed by atoms with E-state index in [1.165, 1.54) is 0 Å². The molecule has 2 aliphatic heterocycles. The molecule has 2 aromatic heterocycles. The third-order valence-electron chi connectivity index (χ3n) is 5.35. The van der Waals surface area contributed by atoms with Crippen molar-refractivity contribution in [3.8, 4) is 0 Å². The summed E-state index contributed by atoms with van der Waals surface area (Å²) < 4.78 is 0. The summed E-state index contributed by atoms with van der Waals surface area (Å²) >= 11 is 0. The molecule has 0 bridgehead atoms. The van der Waals surface area contributed by atoms with Crippen molar-refractivity contribution in [2.75, 3.05) is 33.7 Å². The highest BCUT2D eigenvalue weighted by Crippen LogP contribution is 2.29. The van der Waals surface area contributed by atoms with Crippen LogP contribution in [0.3, 0.4) is 0 Å². The maximum Gasteiger partial charge on any atom is 0.320 e. The largest absolute Gasteiger partial charge is 0.340 e. The number of likely N-dealkylation sites (tertiary alicyclic amines) is 2. The van der Waals surface area contributed by atoms with Crippen LogP contribution in [0.1, 0.15) is 31.0 Å². The highest BCUT2D eigenvalue weighted by atomic mass is 16.2. The second kappa shape index (κ2) is 6.59. The molecular formula is C18H24N6O2. The standard InChI is InChI=1S/C18H24N6O2/c1-22(2)18(26)24-8-3-4-15(24)17(25)23-9-6-12(11-23)16-20-13-5-7-19-10-14(13)21-16/h5,7,10,12,15H,3-4,6,8-9,11H2,1-2H3,(H,20,21). The number of aromatic nitrogens is 3. The Bertz CT molecular complexity index is 799. The van der Waals surface area contributed by atoms with Gasteiger partial charge in [-0.3, -0.25) is 9.78 Å². The molecule has 0 saturated carbocycles. The summed E-state index contributed by atoms with van der Waals surface area (Å²) in [6.07, 6.45) is 6.01. The molecule has 0 radical (unpaired) electrons. The molecule has 4 rings (SSSR count). The summed E-state index contributed by atoms with van der Waals surface area (Å²) in [6.45, 7) is 2.01. The number of imidazole rings is 1. The van der Waals surface area contributed by atoms with E-state index in [1.54, 1.807) is 36.3 Å². The van der Waals surface area contributed by atoms with Crippen LogP contribution in [0.2, 0.25) is 0 Å². The van der Waals surface area contributed by atoms with Crippen molar-refractivity contribution in [3.63, 3.8) is 0 Å². The lowest BCUT2D eigenvalue weighted by atomic mass is 10.1. The minimum absolute atomic E-state index is 0.0676. The fourth-order valence-corrected chi connectivity index (χ4v) is 3.97. The molecule has 2 aromatic rings. The van der Waals surface area contributed by atoms with Gasteiger partial charge in [0.15, 0.2) is 0 Å². The van der Waals surface area contributed by atoms with Crippen LogP contribution in [0.15, 0.2) is 18.5 Å². The number of amides is 3. The summed E-state index contributed by atoms with van der Waals surface area (Å²) in [5, 5.41) is 0. The summed E-state index contributed by atoms with van der Waals surface area (Å²) in [5.41, 5.74) is 1.82.